The predicted octanol–water partition coefficient (Wildman–Crippen LogP) is 2.63. The van der Waals surface area contributed by atoms with Gasteiger partial charge in [0, 0.05) is 12.6 Å². The molecule has 2 N–H and O–H groups in total. The topological polar surface area (TPSA) is 41.1 Å². The lowest BCUT2D eigenvalue weighted by atomic mass is 9.92. The summed E-state index contributed by atoms with van der Waals surface area (Å²) in [7, 11) is 0. The SMILES string of the molecule is C=CCNC(=O)C(C)N[C@H](C)C1CCCCCC1. The average molecular weight is 252 g/mol. The van der Waals surface area contributed by atoms with E-state index in [4.69, 9.17) is 0 Å². The monoisotopic (exact) mass is 252 g/mol. The van der Waals surface area contributed by atoms with E-state index < -0.39 is 0 Å². The predicted molar refractivity (Wildman–Crippen MR) is 76.5 cm³/mol. The number of amides is 1. The molecular weight excluding hydrogens is 224 g/mol. The summed E-state index contributed by atoms with van der Waals surface area (Å²) in [5.74, 6) is 0.789. The smallest absolute Gasteiger partial charge is 0.237 e. The van der Waals surface area contributed by atoms with Gasteiger partial charge in [-0.1, -0.05) is 31.8 Å². The molecule has 0 radical (unpaired) electrons. The Morgan fingerprint density at radius 3 is 2.44 bits per heavy atom. The minimum absolute atomic E-state index is 0.0652. The van der Waals surface area contributed by atoms with Crippen LogP contribution in [-0.2, 0) is 4.79 Å². The largest absolute Gasteiger partial charge is 0.351 e. The van der Waals surface area contributed by atoms with Crippen molar-refractivity contribution in [2.45, 2.75) is 64.5 Å². The maximum absolute atomic E-state index is 11.8. The van der Waals surface area contributed by atoms with Crippen LogP contribution >= 0.6 is 0 Å². The van der Waals surface area contributed by atoms with E-state index in [2.05, 4.69) is 24.1 Å². The second-order valence-corrected chi connectivity index (χ2v) is 5.46. The van der Waals surface area contributed by atoms with E-state index in [1.807, 2.05) is 6.92 Å². The Morgan fingerprint density at radius 2 is 1.89 bits per heavy atom. The molecular formula is C15H28N2O. The van der Waals surface area contributed by atoms with Crippen LogP contribution in [0.2, 0.25) is 0 Å². The molecule has 0 aromatic rings. The van der Waals surface area contributed by atoms with Crippen LogP contribution in [0.15, 0.2) is 12.7 Å². The van der Waals surface area contributed by atoms with Crippen LogP contribution in [0.5, 0.6) is 0 Å². The zero-order valence-electron chi connectivity index (χ0n) is 11.9. The van der Waals surface area contributed by atoms with Crippen molar-refractivity contribution in [1.82, 2.24) is 10.6 Å². The molecule has 1 rings (SSSR count). The summed E-state index contributed by atoms with van der Waals surface area (Å²) in [6.45, 7) is 8.30. The highest BCUT2D eigenvalue weighted by Gasteiger charge is 2.22. The molecule has 0 aromatic heterocycles. The fourth-order valence-corrected chi connectivity index (χ4v) is 2.74. The van der Waals surface area contributed by atoms with E-state index in [1.165, 1.54) is 38.5 Å². The number of hydrogen-bond acceptors (Lipinski definition) is 2. The van der Waals surface area contributed by atoms with E-state index in [1.54, 1.807) is 6.08 Å². The first-order valence-corrected chi connectivity index (χ1v) is 7.29. The Hall–Kier alpha value is -0.830. The first-order chi connectivity index (χ1) is 8.65. The van der Waals surface area contributed by atoms with Gasteiger partial charge >= 0.3 is 0 Å². The van der Waals surface area contributed by atoms with E-state index in [9.17, 15) is 4.79 Å². The average Bonchev–Trinajstić information content (AvgIpc) is 2.64. The van der Waals surface area contributed by atoms with Crippen molar-refractivity contribution in [3.05, 3.63) is 12.7 Å². The molecule has 1 unspecified atom stereocenters. The second-order valence-electron chi connectivity index (χ2n) is 5.46. The van der Waals surface area contributed by atoms with Crippen LogP contribution in [0.1, 0.15) is 52.4 Å². The molecule has 0 aromatic carbocycles. The minimum Gasteiger partial charge on any atom is -0.351 e. The van der Waals surface area contributed by atoms with Crippen molar-refractivity contribution >= 4 is 5.91 Å². The van der Waals surface area contributed by atoms with Crippen LogP contribution in [0.3, 0.4) is 0 Å². The summed E-state index contributed by atoms with van der Waals surface area (Å²) in [5, 5.41) is 6.27. The normalized spacial score (nSPS) is 20.8. The first kappa shape index (κ1) is 15.2. The maximum atomic E-state index is 11.8. The van der Waals surface area contributed by atoms with Gasteiger partial charge in [-0.05, 0) is 32.6 Å². The number of carbonyl (C=O) groups excluding carboxylic acids is 1. The molecule has 1 fully saturated rings. The van der Waals surface area contributed by atoms with Crippen LogP contribution in [0.4, 0.5) is 0 Å². The van der Waals surface area contributed by atoms with Crippen LogP contribution < -0.4 is 10.6 Å². The summed E-state index contributed by atoms with van der Waals surface area (Å²) in [6, 6.07) is 0.302. The molecule has 0 heterocycles. The van der Waals surface area contributed by atoms with Gasteiger partial charge in [0.15, 0.2) is 0 Å². The molecule has 0 bridgehead atoms. The maximum Gasteiger partial charge on any atom is 0.237 e. The van der Waals surface area contributed by atoms with Crippen molar-refractivity contribution < 1.29 is 4.79 Å². The van der Waals surface area contributed by atoms with E-state index >= 15 is 0 Å². The van der Waals surface area contributed by atoms with Gasteiger partial charge in [0.1, 0.15) is 0 Å². The van der Waals surface area contributed by atoms with Crippen molar-refractivity contribution in [3.63, 3.8) is 0 Å². The van der Waals surface area contributed by atoms with Gasteiger partial charge < -0.3 is 10.6 Å². The standard InChI is InChI=1S/C15H28N2O/c1-4-11-16-15(18)13(3)17-12(2)14-9-7-5-6-8-10-14/h4,12-14,17H,1,5-11H2,2-3H3,(H,16,18)/t12-,13?/m1/s1. The van der Waals surface area contributed by atoms with Gasteiger partial charge in [0.2, 0.25) is 5.91 Å². The number of nitrogens with one attached hydrogen (secondary N) is 2. The fraction of sp³-hybridized carbons (Fsp3) is 0.800. The van der Waals surface area contributed by atoms with Crippen LogP contribution in [-0.4, -0.2) is 24.5 Å². The Kier molecular flexibility index (Phi) is 7.02. The molecule has 3 nitrogen and oxygen atoms in total. The molecule has 18 heavy (non-hydrogen) atoms. The van der Waals surface area contributed by atoms with Crippen molar-refractivity contribution in [3.8, 4) is 0 Å². The molecule has 3 heteroatoms. The molecule has 2 atom stereocenters. The highest BCUT2D eigenvalue weighted by Crippen LogP contribution is 2.25. The van der Waals surface area contributed by atoms with Gasteiger partial charge in [-0.25, -0.2) is 0 Å². The Bertz CT molecular complexity index is 257. The lowest BCUT2D eigenvalue weighted by molar-refractivity contribution is -0.122. The number of rotatable bonds is 6. The van der Waals surface area contributed by atoms with Crippen molar-refractivity contribution in [1.29, 1.82) is 0 Å². The number of carbonyl (C=O) groups is 1. The minimum atomic E-state index is -0.122. The molecule has 1 aliphatic carbocycles. The Balaban J connectivity index is 2.34. The summed E-state index contributed by atoms with van der Waals surface area (Å²) in [5.41, 5.74) is 0. The highest BCUT2D eigenvalue weighted by atomic mass is 16.2. The molecule has 0 aliphatic heterocycles. The van der Waals surface area contributed by atoms with Gasteiger partial charge in [-0.15, -0.1) is 6.58 Å². The second kappa shape index (κ2) is 8.30. The third-order valence-electron chi connectivity index (χ3n) is 3.93. The molecule has 1 aliphatic rings. The Labute approximate surface area is 111 Å². The summed E-state index contributed by atoms with van der Waals surface area (Å²) < 4.78 is 0. The van der Waals surface area contributed by atoms with Gasteiger partial charge in [0.25, 0.3) is 0 Å². The van der Waals surface area contributed by atoms with Gasteiger partial charge in [-0.3, -0.25) is 4.79 Å². The number of hydrogen-bond donors (Lipinski definition) is 2. The fourth-order valence-electron chi connectivity index (χ4n) is 2.74. The summed E-state index contributed by atoms with van der Waals surface area (Å²) in [4.78, 5) is 11.8. The molecule has 0 spiro atoms. The highest BCUT2D eigenvalue weighted by molar-refractivity contribution is 5.81. The third kappa shape index (κ3) is 5.21. The zero-order valence-corrected chi connectivity index (χ0v) is 11.9. The van der Waals surface area contributed by atoms with E-state index in [0.29, 0.717) is 12.6 Å². The molecule has 0 saturated heterocycles. The van der Waals surface area contributed by atoms with Crippen LogP contribution in [0, 0.1) is 5.92 Å². The molecule has 104 valence electrons. The lowest BCUT2D eigenvalue weighted by Gasteiger charge is -2.26. The van der Waals surface area contributed by atoms with Gasteiger partial charge in [-0.2, -0.15) is 0 Å². The van der Waals surface area contributed by atoms with Gasteiger partial charge in [0.05, 0.1) is 6.04 Å². The quantitative estimate of drug-likeness (QED) is 0.563. The first-order valence-electron chi connectivity index (χ1n) is 7.29. The summed E-state index contributed by atoms with van der Waals surface area (Å²) >= 11 is 0. The van der Waals surface area contributed by atoms with Crippen molar-refractivity contribution in [2.24, 2.45) is 5.92 Å². The van der Waals surface area contributed by atoms with E-state index in [-0.39, 0.29) is 11.9 Å². The molecule has 1 amide bonds. The zero-order chi connectivity index (χ0) is 13.4. The van der Waals surface area contributed by atoms with E-state index in [0.717, 1.165) is 5.92 Å². The van der Waals surface area contributed by atoms with Crippen molar-refractivity contribution in [2.75, 3.05) is 6.54 Å². The van der Waals surface area contributed by atoms with Crippen LogP contribution in [0.25, 0.3) is 0 Å². The Morgan fingerprint density at radius 1 is 1.28 bits per heavy atom. The lowest BCUT2D eigenvalue weighted by Crippen LogP contribution is -2.47. The summed E-state index contributed by atoms with van der Waals surface area (Å²) in [6.07, 6.45) is 9.74. The third-order valence-corrected chi connectivity index (χ3v) is 3.93. The molecule has 1 saturated carbocycles.